The largest absolute Gasteiger partial charge is 0.457 e. The number of nitrogens with zero attached hydrogens (tertiary/aromatic N) is 1. The van der Waals surface area contributed by atoms with Crippen LogP contribution in [-0.2, 0) is 13.0 Å². The van der Waals surface area contributed by atoms with Crippen molar-refractivity contribution in [1.29, 1.82) is 0 Å². The molecule has 1 aromatic heterocycles. The topological polar surface area (TPSA) is 63.2 Å². The summed E-state index contributed by atoms with van der Waals surface area (Å²) in [7, 11) is 0. The summed E-state index contributed by atoms with van der Waals surface area (Å²) in [4.78, 5) is 16.0. The van der Waals surface area contributed by atoms with E-state index in [0.717, 1.165) is 29.2 Å². The number of ether oxygens (including phenoxy) is 1. The number of hydrogen-bond acceptors (Lipinski definition) is 3. The highest BCUT2D eigenvalue weighted by atomic mass is 16.5. The third-order valence-electron chi connectivity index (χ3n) is 3.85. The summed E-state index contributed by atoms with van der Waals surface area (Å²) >= 11 is 0. The van der Waals surface area contributed by atoms with Crippen molar-refractivity contribution in [1.82, 2.24) is 10.3 Å². The summed E-state index contributed by atoms with van der Waals surface area (Å²) in [6, 6.07) is 18.8. The molecule has 5 nitrogen and oxygen atoms in total. The molecule has 1 heterocycles. The van der Waals surface area contributed by atoms with Crippen LogP contribution in [0.4, 0.5) is 10.5 Å². The van der Waals surface area contributed by atoms with Crippen molar-refractivity contribution in [2.75, 3.05) is 5.32 Å². The van der Waals surface area contributed by atoms with Crippen LogP contribution in [-0.4, -0.2) is 11.0 Å². The molecule has 2 N–H and O–H groups in total. The SMILES string of the molecule is CCc1cccc(NC(=O)NCc2ccc(Oc3ccncc3)cc2)c1. The van der Waals surface area contributed by atoms with Gasteiger partial charge in [-0.2, -0.15) is 0 Å². The lowest BCUT2D eigenvalue weighted by Crippen LogP contribution is -2.28. The average Bonchev–Trinajstić information content (AvgIpc) is 2.68. The van der Waals surface area contributed by atoms with Crippen LogP contribution in [0.25, 0.3) is 0 Å². The average molecular weight is 347 g/mol. The fourth-order valence-electron chi connectivity index (χ4n) is 2.44. The second kappa shape index (κ2) is 8.67. The van der Waals surface area contributed by atoms with E-state index >= 15 is 0 Å². The summed E-state index contributed by atoms with van der Waals surface area (Å²) in [5, 5.41) is 5.71. The predicted octanol–water partition coefficient (Wildman–Crippen LogP) is 4.76. The Morgan fingerprint density at radius 3 is 2.42 bits per heavy atom. The van der Waals surface area contributed by atoms with E-state index in [1.807, 2.05) is 48.5 Å². The zero-order chi connectivity index (χ0) is 18.2. The number of urea groups is 1. The van der Waals surface area contributed by atoms with Crippen molar-refractivity contribution in [3.05, 3.63) is 84.2 Å². The van der Waals surface area contributed by atoms with Gasteiger partial charge in [0.2, 0.25) is 0 Å². The zero-order valence-corrected chi connectivity index (χ0v) is 14.6. The summed E-state index contributed by atoms with van der Waals surface area (Å²) in [6.45, 7) is 2.52. The standard InChI is InChI=1S/C21H21N3O2/c1-2-16-4-3-5-18(14-16)24-21(25)23-15-17-6-8-19(9-7-17)26-20-10-12-22-13-11-20/h3-14H,2,15H2,1H3,(H2,23,24,25). The lowest BCUT2D eigenvalue weighted by molar-refractivity contribution is 0.251. The molecule has 5 heteroatoms. The van der Waals surface area contributed by atoms with Gasteiger partial charge in [-0.1, -0.05) is 31.2 Å². The van der Waals surface area contributed by atoms with Crippen LogP contribution in [0.15, 0.2) is 73.1 Å². The van der Waals surface area contributed by atoms with Crippen LogP contribution in [0.1, 0.15) is 18.1 Å². The Hall–Kier alpha value is -3.34. The van der Waals surface area contributed by atoms with Gasteiger partial charge in [-0.05, 0) is 53.9 Å². The molecule has 0 aliphatic heterocycles. The number of hydrogen-bond donors (Lipinski definition) is 2. The molecule has 0 aliphatic rings. The molecule has 0 fully saturated rings. The minimum absolute atomic E-state index is 0.227. The van der Waals surface area contributed by atoms with Gasteiger partial charge in [0.15, 0.2) is 0 Å². The quantitative estimate of drug-likeness (QED) is 0.676. The normalized spacial score (nSPS) is 10.2. The van der Waals surface area contributed by atoms with Crippen molar-refractivity contribution in [2.24, 2.45) is 0 Å². The molecule has 0 saturated carbocycles. The molecule has 2 amide bonds. The first-order valence-corrected chi connectivity index (χ1v) is 8.53. The third-order valence-corrected chi connectivity index (χ3v) is 3.85. The van der Waals surface area contributed by atoms with Crippen LogP contribution in [0.2, 0.25) is 0 Å². The van der Waals surface area contributed by atoms with E-state index < -0.39 is 0 Å². The number of carbonyl (C=O) groups is 1. The Morgan fingerprint density at radius 1 is 0.962 bits per heavy atom. The molecule has 0 radical (unpaired) electrons. The highest BCUT2D eigenvalue weighted by Gasteiger charge is 2.03. The number of benzene rings is 2. The smallest absolute Gasteiger partial charge is 0.319 e. The van der Waals surface area contributed by atoms with Crippen molar-refractivity contribution in [3.8, 4) is 11.5 Å². The van der Waals surface area contributed by atoms with Crippen LogP contribution in [0, 0.1) is 0 Å². The Bertz CT molecular complexity index is 849. The van der Waals surface area contributed by atoms with Crippen LogP contribution < -0.4 is 15.4 Å². The van der Waals surface area contributed by atoms with Gasteiger partial charge >= 0.3 is 6.03 Å². The summed E-state index contributed by atoms with van der Waals surface area (Å²) < 4.78 is 5.72. The Kier molecular flexibility index (Phi) is 5.83. The maximum absolute atomic E-state index is 12.0. The summed E-state index contributed by atoms with van der Waals surface area (Å²) in [5.41, 5.74) is 2.97. The lowest BCUT2D eigenvalue weighted by Gasteiger charge is -2.10. The minimum atomic E-state index is -0.227. The number of rotatable bonds is 6. The minimum Gasteiger partial charge on any atom is -0.457 e. The van der Waals surface area contributed by atoms with Crippen molar-refractivity contribution < 1.29 is 9.53 Å². The molecule has 0 aliphatic carbocycles. The van der Waals surface area contributed by atoms with Crippen molar-refractivity contribution in [2.45, 2.75) is 19.9 Å². The van der Waals surface area contributed by atoms with Gasteiger partial charge in [-0.25, -0.2) is 4.79 Å². The number of anilines is 1. The Labute approximate surface area is 153 Å². The Morgan fingerprint density at radius 2 is 1.69 bits per heavy atom. The van der Waals surface area contributed by atoms with E-state index in [-0.39, 0.29) is 6.03 Å². The molecule has 0 saturated heterocycles. The van der Waals surface area contributed by atoms with E-state index in [0.29, 0.717) is 6.54 Å². The maximum atomic E-state index is 12.0. The van der Waals surface area contributed by atoms with Gasteiger partial charge in [-0.3, -0.25) is 4.98 Å². The molecule has 2 aromatic carbocycles. The molecular formula is C21H21N3O2. The second-order valence-electron chi connectivity index (χ2n) is 5.79. The number of carbonyl (C=O) groups excluding carboxylic acids is 1. The number of amides is 2. The first-order chi connectivity index (χ1) is 12.7. The van der Waals surface area contributed by atoms with Gasteiger partial charge in [0.25, 0.3) is 0 Å². The van der Waals surface area contributed by atoms with Gasteiger partial charge in [0.1, 0.15) is 11.5 Å². The van der Waals surface area contributed by atoms with Crippen LogP contribution >= 0.6 is 0 Å². The third kappa shape index (κ3) is 5.08. The second-order valence-corrected chi connectivity index (χ2v) is 5.79. The lowest BCUT2D eigenvalue weighted by atomic mass is 10.1. The predicted molar refractivity (Wildman–Crippen MR) is 102 cm³/mol. The van der Waals surface area contributed by atoms with Crippen molar-refractivity contribution in [3.63, 3.8) is 0 Å². The van der Waals surface area contributed by atoms with E-state index in [9.17, 15) is 4.79 Å². The van der Waals surface area contributed by atoms with Crippen LogP contribution in [0.5, 0.6) is 11.5 Å². The molecule has 0 spiro atoms. The first kappa shape index (κ1) is 17.5. The number of nitrogens with one attached hydrogen (secondary N) is 2. The number of aromatic nitrogens is 1. The molecule has 26 heavy (non-hydrogen) atoms. The van der Waals surface area contributed by atoms with E-state index in [1.165, 1.54) is 5.56 Å². The summed E-state index contributed by atoms with van der Waals surface area (Å²) in [5.74, 6) is 1.47. The van der Waals surface area contributed by atoms with Crippen LogP contribution in [0.3, 0.4) is 0 Å². The van der Waals surface area contributed by atoms with E-state index in [1.54, 1.807) is 24.5 Å². The molecule has 0 bridgehead atoms. The van der Waals surface area contributed by atoms with Gasteiger partial charge in [-0.15, -0.1) is 0 Å². The molecule has 0 atom stereocenters. The fourth-order valence-corrected chi connectivity index (χ4v) is 2.44. The molecule has 3 rings (SSSR count). The highest BCUT2D eigenvalue weighted by Crippen LogP contribution is 2.20. The molecule has 132 valence electrons. The first-order valence-electron chi connectivity index (χ1n) is 8.53. The Balaban J connectivity index is 1.50. The zero-order valence-electron chi connectivity index (χ0n) is 14.6. The van der Waals surface area contributed by atoms with Gasteiger partial charge < -0.3 is 15.4 Å². The summed E-state index contributed by atoms with van der Waals surface area (Å²) in [6.07, 6.45) is 4.30. The van der Waals surface area contributed by atoms with Gasteiger partial charge in [0, 0.05) is 24.6 Å². The maximum Gasteiger partial charge on any atom is 0.319 e. The molecular weight excluding hydrogens is 326 g/mol. The molecule has 0 unspecified atom stereocenters. The van der Waals surface area contributed by atoms with Crippen molar-refractivity contribution >= 4 is 11.7 Å². The van der Waals surface area contributed by atoms with E-state index in [2.05, 4.69) is 22.5 Å². The van der Waals surface area contributed by atoms with E-state index in [4.69, 9.17) is 4.74 Å². The fraction of sp³-hybridized carbons (Fsp3) is 0.143. The monoisotopic (exact) mass is 347 g/mol. The highest BCUT2D eigenvalue weighted by molar-refractivity contribution is 5.89. The van der Waals surface area contributed by atoms with Gasteiger partial charge in [0.05, 0.1) is 0 Å². The molecule has 3 aromatic rings. The number of pyridine rings is 1. The number of aryl methyl sites for hydroxylation is 1.